The Bertz CT molecular complexity index is 466. The average Bonchev–Trinajstić information content (AvgIpc) is 2.65. The van der Waals surface area contributed by atoms with Gasteiger partial charge in [0.05, 0.1) is 0 Å². The van der Waals surface area contributed by atoms with E-state index < -0.39 is 0 Å². The summed E-state index contributed by atoms with van der Waals surface area (Å²) in [5, 5.41) is 6.85. The zero-order valence-corrected chi connectivity index (χ0v) is 19.2. The molecule has 0 saturated heterocycles. The molecule has 0 aliphatic rings. The molecule has 0 spiro atoms. The first-order valence-corrected chi connectivity index (χ1v) is 9.55. The van der Waals surface area contributed by atoms with Crippen molar-refractivity contribution in [3.8, 4) is 0 Å². The van der Waals surface area contributed by atoms with Gasteiger partial charge < -0.3 is 15.4 Å². The summed E-state index contributed by atoms with van der Waals surface area (Å²) < 4.78 is 5.37. The maximum Gasteiger partial charge on any atom is 0.191 e. The Morgan fingerprint density at radius 2 is 1.81 bits per heavy atom. The summed E-state index contributed by atoms with van der Waals surface area (Å²) in [5.74, 6) is 0.863. The van der Waals surface area contributed by atoms with Crippen molar-refractivity contribution in [1.29, 1.82) is 0 Å². The standard InChI is InChI=1S/C20H36N4O.HI/c1-5-24(6-2)19(16-18-12-9-8-10-13-18)17-23-20(21-4)22-14-11-15-25-7-3;/h8-10,12-13,19H,5-7,11,14-17H2,1-4H3,(H2,21,22,23);1H. The maximum atomic E-state index is 5.37. The number of hydrogen-bond acceptors (Lipinski definition) is 3. The van der Waals surface area contributed by atoms with Crippen molar-refractivity contribution in [1.82, 2.24) is 15.5 Å². The number of likely N-dealkylation sites (N-methyl/N-ethyl adjacent to an activating group) is 1. The quantitative estimate of drug-likeness (QED) is 0.211. The van der Waals surface area contributed by atoms with Crippen LogP contribution in [0.3, 0.4) is 0 Å². The molecule has 1 atom stereocenters. The Morgan fingerprint density at radius 1 is 1.12 bits per heavy atom. The van der Waals surface area contributed by atoms with Crippen molar-refractivity contribution in [3.05, 3.63) is 35.9 Å². The number of nitrogens with zero attached hydrogens (tertiary/aromatic N) is 2. The molecule has 0 aliphatic carbocycles. The number of hydrogen-bond donors (Lipinski definition) is 2. The van der Waals surface area contributed by atoms with E-state index >= 15 is 0 Å². The Morgan fingerprint density at radius 3 is 2.38 bits per heavy atom. The molecule has 0 aromatic heterocycles. The van der Waals surface area contributed by atoms with E-state index in [2.05, 4.69) is 64.7 Å². The van der Waals surface area contributed by atoms with Crippen LogP contribution in [0.5, 0.6) is 0 Å². The lowest BCUT2D eigenvalue weighted by molar-refractivity contribution is 0.145. The van der Waals surface area contributed by atoms with Crippen LogP contribution in [0.25, 0.3) is 0 Å². The van der Waals surface area contributed by atoms with E-state index in [1.807, 2.05) is 14.0 Å². The number of nitrogens with one attached hydrogen (secondary N) is 2. The third kappa shape index (κ3) is 10.3. The van der Waals surface area contributed by atoms with Crippen molar-refractivity contribution in [2.24, 2.45) is 4.99 Å². The Kier molecular flexibility index (Phi) is 15.8. The van der Waals surface area contributed by atoms with Crippen molar-refractivity contribution < 1.29 is 4.74 Å². The molecule has 0 saturated carbocycles. The van der Waals surface area contributed by atoms with Gasteiger partial charge in [-0.15, -0.1) is 24.0 Å². The summed E-state index contributed by atoms with van der Waals surface area (Å²) in [6, 6.07) is 11.2. The molecule has 0 radical (unpaired) electrons. The lowest BCUT2D eigenvalue weighted by atomic mass is 10.0. The summed E-state index contributed by atoms with van der Waals surface area (Å²) >= 11 is 0. The van der Waals surface area contributed by atoms with Crippen LogP contribution in [0, 0.1) is 0 Å². The summed E-state index contributed by atoms with van der Waals surface area (Å²) in [7, 11) is 1.82. The number of benzene rings is 1. The molecule has 26 heavy (non-hydrogen) atoms. The fraction of sp³-hybridized carbons (Fsp3) is 0.650. The molecular formula is C20H37IN4O. The van der Waals surface area contributed by atoms with Crippen LogP contribution in [-0.4, -0.2) is 63.3 Å². The van der Waals surface area contributed by atoms with E-state index in [4.69, 9.17) is 4.74 Å². The van der Waals surface area contributed by atoms with Gasteiger partial charge in [0.25, 0.3) is 0 Å². The van der Waals surface area contributed by atoms with Gasteiger partial charge in [0.15, 0.2) is 5.96 Å². The van der Waals surface area contributed by atoms with Crippen LogP contribution < -0.4 is 10.6 Å². The van der Waals surface area contributed by atoms with Gasteiger partial charge in [-0.3, -0.25) is 9.89 Å². The monoisotopic (exact) mass is 476 g/mol. The highest BCUT2D eigenvalue weighted by Crippen LogP contribution is 2.08. The Labute approximate surface area is 177 Å². The van der Waals surface area contributed by atoms with Crippen LogP contribution in [0.2, 0.25) is 0 Å². The smallest absolute Gasteiger partial charge is 0.191 e. The van der Waals surface area contributed by atoms with Crippen molar-refractivity contribution in [3.63, 3.8) is 0 Å². The SMILES string of the molecule is CCOCCCNC(=NC)NCC(Cc1ccccc1)N(CC)CC.I. The molecule has 1 rings (SSSR count). The molecule has 0 heterocycles. The van der Waals surface area contributed by atoms with E-state index in [1.54, 1.807) is 0 Å². The summed E-state index contributed by atoms with van der Waals surface area (Å²) in [4.78, 5) is 6.83. The van der Waals surface area contributed by atoms with Crippen LogP contribution in [0.15, 0.2) is 35.3 Å². The topological polar surface area (TPSA) is 48.9 Å². The summed E-state index contributed by atoms with van der Waals surface area (Å²) in [6.07, 6.45) is 2.02. The van der Waals surface area contributed by atoms with Gasteiger partial charge >= 0.3 is 0 Å². The van der Waals surface area contributed by atoms with E-state index in [9.17, 15) is 0 Å². The lowest BCUT2D eigenvalue weighted by Gasteiger charge is -2.30. The fourth-order valence-corrected chi connectivity index (χ4v) is 2.92. The van der Waals surface area contributed by atoms with Gasteiger partial charge in [-0.05, 0) is 38.4 Å². The largest absolute Gasteiger partial charge is 0.382 e. The number of ether oxygens (including phenoxy) is 1. The first-order chi connectivity index (χ1) is 12.2. The van der Waals surface area contributed by atoms with Crippen molar-refractivity contribution in [2.45, 2.75) is 39.7 Å². The minimum Gasteiger partial charge on any atom is -0.382 e. The summed E-state index contributed by atoms with van der Waals surface area (Å²) in [5.41, 5.74) is 1.38. The van der Waals surface area contributed by atoms with Crippen molar-refractivity contribution >= 4 is 29.9 Å². The zero-order chi connectivity index (χ0) is 18.3. The van der Waals surface area contributed by atoms with Gasteiger partial charge in [0.2, 0.25) is 0 Å². The van der Waals surface area contributed by atoms with Crippen LogP contribution in [0.4, 0.5) is 0 Å². The highest BCUT2D eigenvalue weighted by Gasteiger charge is 2.16. The molecule has 150 valence electrons. The molecule has 1 unspecified atom stereocenters. The Balaban J connectivity index is 0.00000625. The molecule has 6 heteroatoms. The predicted molar refractivity (Wildman–Crippen MR) is 123 cm³/mol. The predicted octanol–water partition coefficient (Wildman–Crippen LogP) is 3.15. The average molecular weight is 476 g/mol. The van der Waals surface area contributed by atoms with Gasteiger partial charge in [-0.2, -0.15) is 0 Å². The van der Waals surface area contributed by atoms with E-state index in [0.29, 0.717) is 6.04 Å². The van der Waals surface area contributed by atoms with Crippen LogP contribution in [-0.2, 0) is 11.2 Å². The maximum absolute atomic E-state index is 5.37. The third-order valence-corrected chi connectivity index (χ3v) is 4.33. The third-order valence-electron chi connectivity index (χ3n) is 4.33. The molecule has 5 nitrogen and oxygen atoms in total. The van der Waals surface area contributed by atoms with Gasteiger partial charge in [0.1, 0.15) is 0 Å². The van der Waals surface area contributed by atoms with Crippen LogP contribution >= 0.6 is 24.0 Å². The molecule has 0 bridgehead atoms. The second-order valence-corrected chi connectivity index (χ2v) is 6.00. The number of halogens is 1. The zero-order valence-electron chi connectivity index (χ0n) is 16.8. The molecule has 1 aromatic carbocycles. The first-order valence-electron chi connectivity index (χ1n) is 9.55. The second kappa shape index (κ2) is 16.3. The molecule has 1 aromatic rings. The fourth-order valence-electron chi connectivity index (χ4n) is 2.92. The molecule has 2 N–H and O–H groups in total. The molecule has 0 aliphatic heterocycles. The van der Waals surface area contributed by atoms with Gasteiger partial charge in [-0.25, -0.2) is 0 Å². The summed E-state index contributed by atoms with van der Waals surface area (Å²) in [6.45, 7) is 11.9. The highest BCUT2D eigenvalue weighted by atomic mass is 127. The van der Waals surface area contributed by atoms with E-state index in [1.165, 1.54) is 5.56 Å². The minimum absolute atomic E-state index is 0. The lowest BCUT2D eigenvalue weighted by Crippen LogP contribution is -2.48. The number of rotatable bonds is 12. The minimum atomic E-state index is 0. The molecular weight excluding hydrogens is 439 g/mol. The normalized spacial score (nSPS) is 12.6. The van der Waals surface area contributed by atoms with E-state index in [-0.39, 0.29) is 24.0 Å². The Hall–Kier alpha value is -0.860. The van der Waals surface area contributed by atoms with Crippen molar-refractivity contribution in [2.75, 3.05) is 46.4 Å². The number of aliphatic imine (C=N–C) groups is 1. The molecule has 0 fully saturated rings. The van der Waals surface area contributed by atoms with E-state index in [0.717, 1.165) is 58.2 Å². The first kappa shape index (κ1) is 25.1. The van der Waals surface area contributed by atoms with Crippen LogP contribution in [0.1, 0.15) is 32.8 Å². The second-order valence-electron chi connectivity index (χ2n) is 6.00. The highest BCUT2D eigenvalue weighted by molar-refractivity contribution is 14.0. The van der Waals surface area contributed by atoms with Gasteiger partial charge in [-0.1, -0.05) is 44.2 Å². The number of guanidine groups is 1. The molecule has 0 amide bonds. The van der Waals surface area contributed by atoms with Gasteiger partial charge in [0, 0.05) is 39.4 Å².